The summed E-state index contributed by atoms with van der Waals surface area (Å²) >= 11 is 0. The van der Waals surface area contributed by atoms with Crippen molar-refractivity contribution in [3.8, 4) is 0 Å². The average molecular weight is 272 g/mol. The number of nitrogens with zero attached hydrogens (tertiary/aromatic N) is 1. The summed E-state index contributed by atoms with van der Waals surface area (Å²) in [4.78, 5) is 1.83. The van der Waals surface area contributed by atoms with Gasteiger partial charge in [-0.05, 0) is 49.6 Å². The molecule has 0 bridgehead atoms. The third-order valence-corrected chi connectivity index (χ3v) is 3.54. The molecule has 1 aromatic carbocycles. The van der Waals surface area contributed by atoms with Crippen LogP contribution in [0.25, 0.3) is 0 Å². The lowest BCUT2D eigenvalue weighted by molar-refractivity contribution is -0.138. The first-order chi connectivity index (χ1) is 8.88. The van der Waals surface area contributed by atoms with Crippen molar-refractivity contribution in [2.24, 2.45) is 0 Å². The van der Waals surface area contributed by atoms with Crippen LogP contribution in [0, 0.1) is 0 Å². The molecule has 1 aromatic rings. The number of alkyl halides is 3. The third kappa shape index (κ3) is 3.41. The van der Waals surface area contributed by atoms with Crippen molar-refractivity contribution in [1.82, 2.24) is 5.32 Å². The summed E-state index contributed by atoms with van der Waals surface area (Å²) in [6.45, 7) is 0.902. The van der Waals surface area contributed by atoms with Crippen molar-refractivity contribution in [2.75, 3.05) is 25.5 Å². The molecule has 106 valence electrons. The van der Waals surface area contributed by atoms with Crippen LogP contribution in [0.4, 0.5) is 18.9 Å². The highest BCUT2D eigenvalue weighted by molar-refractivity contribution is 5.51. The molecule has 2 nitrogen and oxygen atoms in total. The molecule has 0 saturated carbocycles. The van der Waals surface area contributed by atoms with Gasteiger partial charge in [0, 0.05) is 25.8 Å². The van der Waals surface area contributed by atoms with Crippen LogP contribution < -0.4 is 10.2 Å². The quantitative estimate of drug-likeness (QED) is 0.909. The first-order valence-electron chi connectivity index (χ1n) is 6.49. The summed E-state index contributed by atoms with van der Waals surface area (Å²) in [5.41, 5.74) is 0.686. The molecular formula is C14H19F3N2. The minimum atomic E-state index is -4.28. The summed E-state index contributed by atoms with van der Waals surface area (Å²) in [6.07, 6.45) is -1.85. The van der Waals surface area contributed by atoms with E-state index in [-0.39, 0.29) is 6.04 Å². The lowest BCUT2D eigenvalue weighted by Gasteiger charge is -2.20. The highest BCUT2D eigenvalue weighted by Crippen LogP contribution is 2.34. The van der Waals surface area contributed by atoms with Crippen LogP contribution in [0.2, 0.25) is 0 Å². The van der Waals surface area contributed by atoms with Gasteiger partial charge in [0.25, 0.3) is 0 Å². The first-order valence-corrected chi connectivity index (χ1v) is 6.49. The van der Waals surface area contributed by atoms with Crippen LogP contribution in [-0.2, 0) is 12.6 Å². The van der Waals surface area contributed by atoms with Gasteiger partial charge in [-0.25, -0.2) is 0 Å². The van der Waals surface area contributed by atoms with E-state index in [9.17, 15) is 13.2 Å². The van der Waals surface area contributed by atoms with E-state index in [0.717, 1.165) is 25.1 Å². The Hall–Kier alpha value is -1.23. The second-order valence-corrected chi connectivity index (χ2v) is 5.23. The van der Waals surface area contributed by atoms with Gasteiger partial charge in [0.15, 0.2) is 0 Å². The van der Waals surface area contributed by atoms with Crippen LogP contribution in [-0.4, -0.2) is 26.7 Å². The molecule has 0 amide bonds. The van der Waals surface area contributed by atoms with Crippen molar-refractivity contribution < 1.29 is 13.2 Å². The third-order valence-electron chi connectivity index (χ3n) is 3.54. The van der Waals surface area contributed by atoms with Crippen molar-refractivity contribution in [1.29, 1.82) is 0 Å². The zero-order chi connectivity index (χ0) is 14.0. The second-order valence-electron chi connectivity index (χ2n) is 5.23. The number of hydrogen-bond acceptors (Lipinski definition) is 2. The van der Waals surface area contributed by atoms with E-state index >= 15 is 0 Å². The first kappa shape index (κ1) is 14.2. The fraction of sp³-hybridized carbons (Fsp3) is 0.571. The zero-order valence-corrected chi connectivity index (χ0v) is 11.2. The van der Waals surface area contributed by atoms with E-state index in [0.29, 0.717) is 12.0 Å². The van der Waals surface area contributed by atoms with Gasteiger partial charge in [-0.3, -0.25) is 0 Å². The predicted octanol–water partition coefficient (Wildman–Crippen LogP) is 3.07. The lowest BCUT2D eigenvalue weighted by Crippen LogP contribution is -2.25. The van der Waals surface area contributed by atoms with E-state index in [1.807, 2.05) is 19.0 Å². The van der Waals surface area contributed by atoms with Crippen molar-refractivity contribution in [3.05, 3.63) is 29.3 Å². The molecule has 19 heavy (non-hydrogen) atoms. The summed E-state index contributed by atoms with van der Waals surface area (Å²) in [5, 5.41) is 3.25. The van der Waals surface area contributed by atoms with Crippen molar-refractivity contribution in [2.45, 2.75) is 31.5 Å². The van der Waals surface area contributed by atoms with Gasteiger partial charge in [0.2, 0.25) is 0 Å². The maximum Gasteiger partial charge on any atom is 0.416 e. The Bertz CT molecular complexity index is 435. The molecule has 1 fully saturated rings. The Morgan fingerprint density at radius 2 is 2.05 bits per heavy atom. The van der Waals surface area contributed by atoms with Crippen LogP contribution >= 0.6 is 0 Å². The highest BCUT2D eigenvalue weighted by atomic mass is 19.4. The SMILES string of the molecule is CN(C)c1ccc(C(F)(F)F)c(CC2CCCN2)c1. The maximum atomic E-state index is 13.0. The monoisotopic (exact) mass is 272 g/mol. The number of anilines is 1. The maximum absolute atomic E-state index is 13.0. The normalized spacial score (nSPS) is 19.7. The van der Waals surface area contributed by atoms with Crippen LogP contribution in [0.1, 0.15) is 24.0 Å². The zero-order valence-electron chi connectivity index (χ0n) is 11.2. The topological polar surface area (TPSA) is 15.3 Å². The van der Waals surface area contributed by atoms with Crippen LogP contribution in [0.15, 0.2) is 18.2 Å². The molecule has 2 rings (SSSR count). The van der Waals surface area contributed by atoms with E-state index in [2.05, 4.69) is 5.32 Å². The molecule has 1 saturated heterocycles. The number of hydrogen-bond donors (Lipinski definition) is 1. The van der Waals surface area contributed by atoms with Gasteiger partial charge in [0.1, 0.15) is 0 Å². The van der Waals surface area contributed by atoms with Gasteiger partial charge in [-0.2, -0.15) is 13.2 Å². The van der Waals surface area contributed by atoms with E-state index < -0.39 is 11.7 Å². The summed E-state index contributed by atoms with van der Waals surface area (Å²) < 4.78 is 39.1. The van der Waals surface area contributed by atoms with E-state index in [1.54, 1.807) is 6.07 Å². The van der Waals surface area contributed by atoms with Gasteiger partial charge >= 0.3 is 6.18 Å². The Morgan fingerprint density at radius 1 is 1.32 bits per heavy atom. The lowest BCUT2D eigenvalue weighted by atomic mass is 9.98. The fourth-order valence-electron chi connectivity index (χ4n) is 2.50. The molecule has 5 heteroatoms. The minimum Gasteiger partial charge on any atom is -0.378 e. The van der Waals surface area contributed by atoms with Gasteiger partial charge in [-0.15, -0.1) is 0 Å². The molecule has 0 aliphatic carbocycles. The predicted molar refractivity (Wildman–Crippen MR) is 70.5 cm³/mol. The summed E-state index contributed by atoms with van der Waals surface area (Å²) in [7, 11) is 3.67. The van der Waals surface area contributed by atoms with Crippen molar-refractivity contribution >= 4 is 5.69 Å². The molecule has 1 heterocycles. The number of benzene rings is 1. The summed E-state index contributed by atoms with van der Waals surface area (Å²) in [5.74, 6) is 0. The molecule has 1 N–H and O–H groups in total. The Labute approximate surface area is 111 Å². The average Bonchev–Trinajstić information content (AvgIpc) is 2.80. The number of halogens is 3. The molecule has 1 aliphatic rings. The van der Waals surface area contributed by atoms with E-state index in [4.69, 9.17) is 0 Å². The Kier molecular flexibility index (Phi) is 4.04. The number of rotatable bonds is 3. The van der Waals surface area contributed by atoms with Gasteiger partial charge in [-0.1, -0.05) is 0 Å². The highest BCUT2D eigenvalue weighted by Gasteiger charge is 2.34. The Balaban J connectivity index is 2.32. The Morgan fingerprint density at radius 3 is 2.58 bits per heavy atom. The molecule has 1 unspecified atom stereocenters. The number of nitrogens with one attached hydrogen (secondary N) is 1. The second kappa shape index (κ2) is 5.41. The summed E-state index contributed by atoms with van der Waals surface area (Å²) in [6, 6.07) is 4.54. The largest absolute Gasteiger partial charge is 0.416 e. The minimum absolute atomic E-state index is 0.165. The van der Waals surface area contributed by atoms with Gasteiger partial charge < -0.3 is 10.2 Å². The van der Waals surface area contributed by atoms with Crippen LogP contribution in [0.5, 0.6) is 0 Å². The fourth-order valence-corrected chi connectivity index (χ4v) is 2.50. The molecule has 0 radical (unpaired) electrons. The molecule has 0 aromatic heterocycles. The smallest absolute Gasteiger partial charge is 0.378 e. The van der Waals surface area contributed by atoms with Crippen molar-refractivity contribution in [3.63, 3.8) is 0 Å². The van der Waals surface area contributed by atoms with Crippen LogP contribution in [0.3, 0.4) is 0 Å². The van der Waals surface area contributed by atoms with Gasteiger partial charge in [0.05, 0.1) is 5.56 Å². The standard InChI is InChI=1S/C14H19F3N2/c1-19(2)12-5-6-13(14(15,16)17)10(9-12)8-11-4-3-7-18-11/h5-6,9,11,18H,3-4,7-8H2,1-2H3. The molecular weight excluding hydrogens is 253 g/mol. The van der Waals surface area contributed by atoms with E-state index in [1.165, 1.54) is 12.1 Å². The molecule has 1 aliphatic heterocycles. The molecule has 0 spiro atoms. The molecule has 1 atom stereocenters.